The summed E-state index contributed by atoms with van der Waals surface area (Å²) in [6, 6.07) is 11.3. The lowest BCUT2D eigenvalue weighted by Crippen LogP contribution is -1.81. The number of para-hydroxylation sites is 1. The van der Waals surface area contributed by atoms with Crippen molar-refractivity contribution in [2.75, 3.05) is 0 Å². The van der Waals surface area contributed by atoms with Crippen LogP contribution in [0.2, 0.25) is 0 Å². The Kier molecular flexibility index (Phi) is 1.04. The number of aryl methyl sites for hydroxylation is 1. The highest BCUT2D eigenvalue weighted by Crippen LogP contribution is 2.11. The Morgan fingerprint density at radius 3 is 3.10 bits per heavy atom. The Balaban J connectivity index is 2.93. The highest BCUT2D eigenvalue weighted by Gasteiger charge is 1.92. The second kappa shape index (κ2) is 1.87. The van der Waals surface area contributed by atoms with E-state index in [0.717, 1.165) is 0 Å². The van der Waals surface area contributed by atoms with Crippen molar-refractivity contribution in [2.24, 2.45) is 7.05 Å². The van der Waals surface area contributed by atoms with Crippen molar-refractivity contribution in [3.8, 4) is 0 Å². The van der Waals surface area contributed by atoms with E-state index in [4.69, 9.17) is 0 Å². The van der Waals surface area contributed by atoms with Gasteiger partial charge in [0.25, 0.3) is 0 Å². The molecule has 0 aliphatic carbocycles. The SMILES string of the molecule is Cn1ccc2ccc[c]c21. The maximum atomic E-state index is 3.16. The molecule has 0 saturated heterocycles. The molecule has 10 heavy (non-hydrogen) atoms. The number of hydrogen-bond donors (Lipinski definition) is 0. The molecule has 0 aliphatic rings. The van der Waals surface area contributed by atoms with Crippen LogP contribution in [-0.4, -0.2) is 4.57 Å². The van der Waals surface area contributed by atoms with E-state index in [9.17, 15) is 0 Å². The van der Waals surface area contributed by atoms with Crippen LogP contribution < -0.4 is 0 Å². The fraction of sp³-hybridized carbons (Fsp3) is 0.111. The van der Waals surface area contributed by atoms with Crippen molar-refractivity contribution in [1.82, 2.24) is 4.57 Å². The van der Waals surface area contributed by atoms with E-state index in [1.54, 1.807) is 0 Å². The zero-order valence-corrected chi connectivity index (χ0v) is 5.83. The minimum absolute atomic E-state index is 1.17. The summed E-state index contributed by atoms with van der Waals surface area (Å²) in [5.41, 5.74) is 1.17. The van der Waals surface area contributed by atoms with Gasteiger partial charge in [0.15, 0.2) is 0 Å². The smallest absolute Gasteiger partial charge is 0.0558 e. The summed E-state index contributed by atoms with van der Waals surface area (Å²) in [5.74, 6) is 0. The van der Waals surface area contributed by atoms with E-state index in [2.05, 4.69) is 22.8 Å². The number of benzene rings is 1. The Hall–Kier alpha value is -1.24. The predicted octanol–water partition coefficient (Wildman–Crippen LogP) is 1.98. The topological polar surface area (TPSA) is 4.93 Å². The van der Waals surface area contributed by atoms with Crippen LogP contribution in [0.3, 0.4) is 0 Å². The second-order valence-electron chi connectivity index (χ2n) is 2.40. The van der Waals surface area contributed by atoms with Gasteiger partial charge in [-0.3, -0.25) is 0 Å². The summed E-state index contributed by atoms with van der Waals surface area (Å²) in [4.78, 5) is 0. The largest absolute Gasteiger partial charge is 0.350 e. The fourth-order valence-electron chi connectivity index (χ4n) is 1.15. The van der Waals surface area contributed by atoms with Gasteiger partial charge in [0.1, 0.15) is 0 Å². The highest BCUT2D eigenvalue weighted by molar-refractivity contribution is 5.79. The molecular weight excluding hydrogens is 122 g/mol. The molecule has 0 N–H and O–H groups in total. The molecule has 0 fully saturated rings. The van der Waals surface area contributed by atoms with Crippen molar-refractivity contribution in [3.05, 3.63) is 36.5 Å². The molecular formula is C9H8N. The maximum absolute atomic E-state index is 3.16. The van der Waals surface area contributed by atoms with Crippen molar-refractivity contribution < 1.29 is 0 Å². The van der Waals surface area contributed by atoms with Crippen molar-refractivity contribution in [2.45, 2.75) is 0 Å². The summed E-state index contributed by atoms with van der Waals surface area (Å²) in [7, 11) is 2.03. The number of aromatic nitrogens is 1. The third-order valence-electron chi connectivity index (χ3n) is 1.70. The highest BCUT2D eigenvalue weighted by atomic mass is 14.9. The predicted molar refractivity (Wildman–Crippen MR) is 41.8 cm³/mol. The van der Waals surface area contributed by atoms with Gasteiger partial charge in [-0.05, 0) is 6.07 Å². The van der Waals surface area contributed by atoms with Crippen LogP contribution in [0, 0.1) is 6.07 Å². The van der Waals surface area contributed by atoms with E-state index < -0.39 is 0 Å². The molecule has 0 saturated carbocycles. The van der Waals surface area contributed by atoms with Crippen LogP contribution >= 0.6 is 0 Å². The minimum atomic E-state index is 1.17. The third-order valence-corrected chi connectivity index (χ3v) is 1.70. The fourth-order valence-corrected chi connectivity index (χ4v) is 1.15. The van der Waals surface area contributed by atoms with Crippen LogP contribution in [0.25, 0.3) is 10.9 Å². The molecule has 1 nitrogen and oxygen atoms in total. The Bertz CT molecular complexity index is 346. The second-order valence-corrected chi connectivity index (χ2v) is 2.40. The van der Waals surface area contributed by atoms with E-state index in [0.29, 0.717) is 0 Å². The van der Waals surface area contributed by atoms with E-state index >= 15 is 0 Å². The molecule has 1 radical (unpaired) electrons. The normalized spacial score (nSPS) is 10.5. The number of rotatable bonds is 0. The quantitative estimate of drug-likeness (QED) is 0.514. The summed E-state index contributed by atoms with van der Waals surface area (Å²) < 4.78 is 2.06. The van der Waals surface area contributed by atoms with Gasteiger partial charge in [-0.15, -0.1) is 0 Å². The first kappa shape index (κ1) is 5.54. The van der Waals surface area contributed by atoms with Crippen LogP contribution in [0.1, 0.15) is 0 Å². The molecule has 1 heterocycles. The van der Waals surface area contributed by atoms with Gasteiger partial charge in [-0.2, -0.15) is 0 Å². The van der Waals surface area contributed by atoms with E-state index in [1.165, 1.54) is 10.9 Å². The monoisotopic (exact) mass is 130 g/mol. The molecule has 0 spiro atoms. The first-order chi connectivity index (χ1) is 4.88. The number of nitrogens with zero attached hydrogens (tertiary/aromatic N) is 1. The first-order valence-corrected chi connectivity index (χ1v) is 3.30. The van der Waals surface area contributed by atoms with Gasteiger partial charge in [0.05, 0.1) is 5.52 Å². The molecule has 0 bridgehead atoms. The van der Waals surface area contributed by atoms with Crippen molar-refractivity contribution in [3.63, 3.8) is 0 Å². The van der Waals surface area contributed by atoms with Gasteiger partial charge < -0.3 is 4.57 Å². The zero-order valence-electron chi connectivity index (χ0n) is 5.83. The Morgan fingerprint density at radius 1 is 1.40 bits per heavy atom. The summed E-state index contributed by atoms with van der Waals surface area (Å²) in [6.07, 6.45) is 2.04. The van der Waals surface area contributed by atoms with Gasteiger partial charge in [0, 0.05) is 24.7 Å². The molecule has 0 aliphatic heterocycles. The molecule has 0 unspecified atom stereocenters. The van der Waals surface area contributed by atoms with E-state index in [-0.39, 0.29) is 0 Å². The molecule has 2 rings (SSSR count). The van der Waals surface area contributed by atoms with Crippen LogP contribution in [0.5, 0.6) is 0 Å². The van der Waals surface area contributed by atoms with Gasteiger partial charge in [0.2, 0.25) is 0 Å². The number of fused-ring (bicyclic) bond motifs is 1. The molecule has 1 aromatic heterocycles. The van der Waals surface area contributed by atoms with Gasteiger partial charge >= 0.3 is 0 Å². The lowest BCUT2D eigenvalue weighted by atomic mass is 10.2. The third kappa shape index (κ3) is 0.637. The summed E-state index contributed by atoms with van der Waals surface area (Å²) in [5, 5.41) is 1.25. The first-order valence-electron chi connectivity index (χ1n) is 3.30. The molecule has 1 heteroatoms. The van der Waals surface area contributed by atoms with Crippen LogP contribution in [0.15, 0.2) is 30.5 Å². The van der Waals surface area contributed by atoms with E-state index in [1.807, 2.05) is 25.4 Å². The molecule has 0 atom stereocenters. The number of hydrogen-bond acceptors (Lipinski definition) is 0. The molecule has 2 aromatic rings. The van der Waals surface area contributed by atoms with Crippen molar-refractivity contribution in [1.29, 1.82) is 0 Å². The lowest BCUT2D eigenvalue weighted by molar-refractivity contribution is 0.968. The molecule has 0 amide bonds. The summed E-state index contributed by atoms with van der Waals surface area (Å²) >= 11 is 0. The average Bonchev–Trinajstić information content (AvgIpc) is 2.34. The Morgan fingerprint density at radius 2 is 2.30 bits per heavy atom. The standard InChI is InChI=1S/C9H8N/c1-10-7-6-8-4-2-3-5-9(8)10/h2-4,6-7H,1H3. The summed E-state index contributed by atoms with van der Waals surface area (Å²) in [6.45, 7) is 0. The van der Waals surface area contributed by atoms with Gasteiger partial charge in [-0.25, -0.2) is 0 Å². The van der Waals surface area contributed by atoms with Crippen LogP contribution in [0.4, 0.5) is 0 Å². The van der Waals surface area contributed by atoms with Crippen LogP contribution in [-0.2, 0) is 7.05 Å². The lowest BCUT2D eigenvalue weighted by Gasteiger charge is -1.91. The Labute approximate surface area is 59.9 Å². The average molecular weight is 130 g/mol. The zero-order chi connectivity index (χ0) is 6.97. The minimum Gasteiger partial charge on any atom is -0.350 e. The molecule has 1 aromatic carbocycles. The van der Waals surface area contributed by atoms with Gasteiger partial charge in [-0.1, -0.05) is 18.2 Å². The van der Waals surface area contributed by atoms with Crippen molar-refractivity contribution >= 4 is 10.9 Å². The maximum Gasteiger partial charge on any atom is 0.0558 e. The molecule has 49 valence electrons.